The van der Waals surface area contributed by atoms with E-state index in [1.165, 1.54) is 7.11 Å². The van der Waals surface area contributed by atoms with Crippen molar-refractivity contribution in [2.75, 3.05) is 7.11 Å². The van der Waals surface area contributed by atoms with Gasteiger partial charge in [0.15, 0.2) is 0 Å². The largest absolute Gasteiger partial charge is 0.487 e. The van der Waals surface area contributed by atoms with E-state index in [0.717, 1.165) is 5.56 Å². The normalized spacial score (nSPS) is 13.0. The number of hydrogen-bond acceptors (Lipinski definition) is 6. The van der Waals surface area contributed by atoms with E-state index in [9.17, 15) is 9.59 Å². The second-order valence-corrected chi connectivity index (χ2v) is 5.00. The molecule has 2 heterocycles. The second-order valence-electron chi connectivity index (χ2n) is 5.00. The standard InChI is InChI=1S/C17H15NO5/c1-21-17(20)13-5-2-4-11(18-13)10-22-14-6-3-7-15-12(14)8-9-16(19)23-15/h2-7H,8-10H2,1H3. The van der Waals surface area contributed by atoms with Gasteiger partial charge < -0.3 is 14.2 Å². The van der Waals surface area contributed by atoms with Crippen LogP contribution in [0.2, 0.25) is 0 Å². The molecule has 0 aliphatic carbocycles. The van der Waals surface area contributed by atoms with Crippen LogP contribution in [0.15, 0.2) is 36.4 Å². The van der Waals surface area contributed by atoms with E-state index < -0.39 is 5.97 Å². The summed E-state index contributed by atoms with van der Waals surface area (Å²) >= 11 is 0. The van der Waals surface area contributed by atoms with Crippen molar-refractivity contribution in [3.63, 3.8) is 0 Å². The van der Waals surface area contributed by atoms with Crippen molar-refractivity contribution in [2.24, 2.45) is 0 Å². The summed E-state index contributed by atoms with van der Waals surface area (Å²) in [4.78, 5) is 27.0. The molecule has 23 heavy (non-hydrogen) atoms. The lowest BCUT2D eigenvalue weighted by Crippen LogP contribution is -2.16. The smallest absolute Gasteiger partial charge is 0.356 e. The number of benzene rings is 1. The second kappa shape index (κ2) is 6.48. The van der Waals surface area contributed by atoms with Crippen LogP contribution < -0.4 is 9.47 Å². The number of hydrogen-bond donors (Lipinski definition) is 0. The molecular formula is C17H15NO5. The number of pyridine rings is 1. The highest BCUT2D eigenvalue weighted by Gasteiger charge is 2.20. The first-order valence-electron chi connectivity index (χ1n) is 7.17. The molecule has 0 fully saturated rings. The predicted molar refractivity (Wildman–Crippen MR) is 80.3 cm³/mol. The number of nitrogens with zero attached hydrogens (tertiary/aromatic N) is 1. The van der Waals surface area contributed by atoms with Crippen LogP contribution in [0.3, 0.4) is 0 Å². The van der Waals surface area contributed by atoms with Crippen LogP contribution in [-0.2, 0) is 22.6 Å². The molecule has 6 nitrogen and oxygen atoms in total. The summed E-state index contributed by atoms with van der Waals surface area (Å²) in [7, 11) is 1.31. The van der Waals surface area contributed by atoms with Crippen molar-refractivity contribution >= 4 is 11.9 Å². The molecule has 118 valence electrons. The summed E-state index contributed by atoms with van der Waals surface area (Å²) in [5.74, 6) is 0.466. The molecule has 2 aromatic rings. The Bertz CT molecular complexity index is 756. The van der Waals surface area contributed by atoms with Crippen molar-refractivity contribution in [2.45, 2.75) is 19.4 Å². The molecule has 0 saturated heterocycles. The number of carbonyl (C=O) groups is 2. The quantitative estimate of drug-likeness (QED) is 0.637. The van der Waals surface area contributed by atoms with Crippen LogP contribution in [0.1, 0.15) is 28.2 Å². The molecule has 3 rings (SSSR count). The lowest BCUT2D eigenvalue weighted by Gasteiger charge is -2.18. The average Bonchev–Trinajstić information content (AvgIpc) is 2.59. The lowest BCUT2D eigenvalue weighted by atomic mass is 10.1. The topological polar surface area (TPSA) is 74.7 Å². The van der Waals surface area contributed by atoms with E-state index in [-0.39, 0.29) is 18.3 Å². The minimum absolute atomic E-state index is 0.204. The average molecular weight is 313 g/mol. The highest BCUT2D eigenvalue weighted by molar-refractivity contribution is 5.87. The van der Waals surface area contributed by atoms with Gasteiger partial charge in [-0.05, 0) is 30.7 Å². The Morgan fingerprint density at radius 3 is 2.87 bits per heavy atom. The molecule has 6 heteroatoms. The van der Waals surface area contributed by atoms with E-state index in [4.69, 9.17) is 9.47 Å². The van der Waals surface area contributed by atoms with Gasteiger partial charge in [0.05, 0.1) is 19.2 Å². The molecule has 0 unspecified atom stereocenters. The summed E-state index contributed by atoms with van der Waals surface area (Å²) in [5.41, 5.74) is 1.71. The number of carbonyl (C=O) groups excluding carboxylic acids is 2. The zero-order valence-corrected chi connectivity index (χ0v) is 12.6. The molecule has 0 bridgehead atoms. The number of ether oxygens (including phenoxy) is 3. The lowest BCUT2D eigenvalue weighted by molar-refractivity contribution is -0.135. The maximum Gasteiger partial charge on any atom is 0.356 e. The third-order valence-corrected chi connectivity index (χ3v) is 3.47. The molecule has 0 radical (unpaired) electrons. The summed E-state index contributed by atoms with van der Waals surface area (Å²) < 4.78 is 15.6. The Labute approximate surface area is 133 Å². The van der Waals surface area contributed by atoms with Gasteiger partial charge in [-0.2, -0.15) is 0 Å². The predicted octanol–water partition coefficient (Wildman–Crippen LogP) is 2.30. The summed E-state index contributed by atoms with van der Waals surface area (Å²) in [5, 5.41) is 0. The van der Waals surface area contributed by atoms with Crippen LogP contribution >= 0.6 is 0 Å². The number of fused-ring (bicyclic) bond motifs is 1. The highest BCUT2D eigenvalue weighted by Crippen LogP contribution is 2.33. The van der Waals surface area contributed by atoms with Gasteiger partial charge in [0.25, 0.3) is 0 Å². The number of methoxy groups -OCH3 is 1. The van der Waals surface area contributed by atoms with Crippen molar-refractivity contribution in [3.8, 4) is 11.5 Å². The fourth-order valence-electron chi connectivity index (χ4n) is 2.35. The monoisotopic (exact) mass is 313 g/mol. The van der Waals surface area contributed by atoms with Crippen LogP contribution in [0.4, 0.5) is 0 Å². The van der Waals surface area contributed by atoms with Crippen molar-refractivity contribution < 1.29 is 23.8 Å². The summed E-state index contributed by atoms with van der Waals surface area (Å²) in [6.45, 7) is 0.204. The van der Waals surface area contributed by atoms with Gasteiger partial charge in [0.2, 0.25) is 0 Å². The highest BCUT2D eigenvalue weighted by atomic mass is 16.5. The van der Waals surface area contributed by atoms with Crippen LogP contribution in [0.5, 0.6) is 11.5 Å². The van der Waals surface area contributed by atoms with Gasteiger partial charge in [-0.3, -0.25) is 4.79 Å². The Morgan fingerprint density at radius 1 is 1.22 bits per heavy atom. The minimum Gasteiger partial charge on any atom is -0.487 e. The van der Waals surface area contributed by atoms with E-state index in [0.29, 0.717) is 30.0 Å². The Morgan fingerprint density at radius 2 is 2.04 bits per heavy atom. The first kappa shape index (κ1) is 15.0. The van der Waals surface area contributed by atoms with Crippen molar-refractivity contribution in [1.29, 1.82) is 0 Å². The third kappa shape index (κ3) is 3.31. The van der Waals surface area contributed by atoms with Gasteiger partial charge in [-0.25, -0.2) is 9.78 Å². The fraction of sp³-hybridized carbons (Fsp3) is 0.235. The van der Waals surface area contributed by atoms with Gasteiger partial charge in [-0.1, -0.05) is 12.1 Å². The van der Waals surface area contributed by atoms with E-state index in [1.54, 1.807) is 30.3 Å². The fourth-order valence-corrected chi connectivity index (χ4v) is 2.35. The number of esters is 2. The SMILES string of the molecule is COC(=O)c1cccc(COc2cccc3c2CCC(=O)O3)n1. The van der Waals surface area contributed by atoms with E-state index >= 15 is 0 Å². The van der Waals surface area contributed by atoms with Gasteiger partial charge >= 0.3 is 11.9 Å². The Kier molecular flexibility index (Phi) is 4.23. The summed E-state index contributed by atoms with van der Waals surface area (Å²) in [6.07, 6.45) is 0.920. The van der Waals surface area contributed by atoms with Crippen molar-refractivity contribution in [1.82, 2.24) is 4.98 Å². The van der Waals surface area contributed by atoms with E-state index in [1.807, 2.05) is 6.07 Å². The molecule has 1 aliphatic heterocycles. The Hall–Kier alpha value is -2.89. The molecule has 0 N–H and O–H groups in total. The zero-order valence-electron chi connectivity index (χ0n) is 12.6. The number of rotatable bonds is 4. The van der Waals surface area contributed by atoms with Gasteiger partial charge in [0.1, 0.15) is 23.8 Å². The molecule has 0 amide bonds. The molecular weight excluding hydrogens is 298 g/mol. The molecule has 0 atom stereocenters. The maximum absolute atomic E-state index is 11.5. The molecule has 0 saturated carbocycles. The molecule has 0 spiro atoms. The Balaban J connectivity index is 1.75. The van der Waals surface area contributed by atoms with E-state index in [2.05, 4.69) is 9.72 Å². The zero-order chi connectivity index (χ0) is 16.2. The van der Waals surface area contributed by atoms with Crippen LogP contribution in [-0.4, -0.2) is 24.0 Å². The van der Waals surface area contributed by atoms with Gasteiger partial charge in [0, 0.05) is 5.56 Å². The van der Waals surface area contributed by atoms with Crippen LogP contribution in [0.25, 0.3) is 0 Å². The third-order valence-electron chi connectivity index (χ3n) is 3.47. The first-order valence-corrected chi connectivity index (χ1v) is 7.17. The van der Waals surface area contributed by atoms with Gasteiger partial charge in [-0.15, -0.1) is 0 Å². The van der Waals surface area contributed by atoms with Crippen molar-refractivity contribution in [3.05, 3.63) is 53.3 Å². The number of aromatic nitrogens is 1. The molecule has 1 aromatic heterocycles. The molecule has 1 aromatic carbocycles. The minimum atomic E-state index is -0.490. The molecule has 1 aliphatic rings. The maximum atomic E-state index is 11.5. The summed E-state index contributed by atoms with van der Waals surface area (Å²) in [6, 6.07) is 10.4. The first-order chi connectivity index (χ1) is 11.2. The van der Waals surface area contributed by atoms with Crippen LogP contribution in [0, 0.1) is 0 Å².